The molecule has 0 unspecified atom stereocenters. The van der Waals surface area contributed by atoms with Crippen molar-refractivity contribution in [2.45, 2.75) is 25.8 Å². The van der Waals surface area contributed by atoms with Crippen LogP contribution in [0.25, 0.3) is 11.3 Å². The van der Waals surface area contributed by atoms with Crippen LogP contribution in [0.1, 0.15) is 23.7 Å². The highest BCUT2D eigenvalue weighted by molar-refractivity contribution is 5.83. The summed E-state index contributed by atoms with van der Waals surface area (Å²) in [4.78, 5) is 25.9. The highest BCUT2D eigenvalue weighted by atomic mass is 16.2. The van der Waals surface area contributed by atoms with Crippen LogP contribution in [0.2, 0.25) is 0 Å². The van der Waals surface area contributed by atoms with E-state index >= 15 is 0 Å². The average Bonchev–Trinajstić information content (AvgIpc) is 3.05. The third-order valence-corrected chi connectivity index (χ3v) is 5.47. The lowest BCUT2D eigenvalue weighted by molar-refractivity contribution is -0.139. The molecule has 2 aliphatic rings. The van der Waals surface area contributed by atoms with Crippen molar-refractivity contribution in [1.29, 1.82) is 0 Å². The van der Waals surface area contributed by atoms with Gasteiger partial charge in [0.05, 0.1) is 12.5 Å². The molecule has 1 saturated carbocycles. The van der Waals surface area contributed by atoms with Gasteiger partial charge < -0.3 is 9.88 Å². The minimum Gasteiger partial charge on any atom is -0.348 e. The summed E-state index contributed by atoms with van der Waals surface area (Å²) in [7, 11) is 0. The van der Waals surface area contributed by atoms with Crippen molar-refractivity contribution >= 4 is 5.91 Å². The standard InChI is InChI=1S/C19H21N7O/c1-12-4-14(2-3-21-12)18-10-26(24-23-18)9-13-7-25(8-13)19(27)16-5-15(16)17-6-20-11-22-17/h2-4,6,10-11,13,15-16H,5,7-9H2,1H3,(H,20,22)/t15-,16-/m1/s1. The van der Waals surface area contributed by atoms with E-state index in [4.69, 9.17) is 0 Å². The number of aromatic nitrogens is 6. The van der Waals surface area contributed by atoms with Crippen molar-refractivity contribution < 1.29 is 4.79 Å². The van der Waals surface area contributed by atoms with Crippen LogP contribution < -0.4 is 0 Å². The summed E-state index contributed by atoms with van der Waals surface area (Å²) < 4.78 is 1.88. The van der Waals surface area contributed by atoms with Crippen molar-refractivity contribution in [1.82, 2.24) is 34.8 Å². The second-order valence-electron chi connectivity index (χ2n) is 7.58. The molecule has 1 amide bonds. The SMILES string of the molecule is Cc1cc(-c2cn(CC3CN(C(=O)[C@@H]4C[C@H]4c4cnc[nH]4)C3)nn2)ccn1. The molecule has 0 aromatic carbocycles. The lowest BCUT2D eigenvalue weighted by Crippen LogP contribution is -2.52. The Morgan fingerprint density at radius 1 is 1.37 bits per heavy atom. The smallest absolute Gasteiger partial charge is 0.226 e. The third-order valence-electron chi connectivity index (χ3n) is 5.47. The van der Waals surface area contributed by atoms with Gasteiger partial charge in [-0.1, -0.05) is 5.21 Å². The molecule has 8 heteroatoms. The van der Waals surface area contributed by atoms with E-state index in [2.05, 4.69) is 25.3 Å². The average molecular weight is 363 g/mol. The zero-order valence-corrected chi connectivity index (χ0v) is 15.1. The predicted octanol–water partition coefficient (Wildman–Crippen LogP) is 1.63. The Kier molecular flexibility index (Phi) is 3.77. The van der Waals surface area contributed by atoms with E-state index in [1.54, 1.807) is 12.5 Å². The highest BCUT2D eigenvalue weighted by Crippen LogP contribution is 2.48. The second kappa shape index (κ2) is 6.29. The summed E-state index contributed by atoms with van der Waals surface area (Å²) in [5.41, 5.74) is 3.92. The molecule has 8 nitrogen and oxygen atoms in total. The highest BCUT2D eigenvalue weighted by Gasteiger charge is 2.48. The van der Waals surface area contributed by atoms with Gasteiger partial charge in [0.25, 0.3) is 0 Å². The Morgan fingerprint density at radius 2 is 2.26 bits per heavy atom. The Labute approximate surface area is 156 Å². The molecule has 0 bridgehead atoms. The van der Waals surface area contributed by atoms with Gasteiger partial charge in [0.2, 0.25) is 5.91 Å². The van der Waals surface area contributed by atoms with Crippen LogP contribution in [-0.2, 0) is 11.3 Å². The summed E-state index contributed by atoms with van der Waals surface area (Å²) in [6.45, 7) is 4.35. The molecule has 4 heterocycles. The molecule has 0 spiro atoms. The fourth-order valence-electron chi connectivity index (χ4n) is 3.87. The Balaban J connectivity index is 1.14. The second-order valence-corrected chi connectivity index (χ2v) is 7.58. The lowest BCUT2D eigenvalue weighted by Gasteiger charge is -2.39. The Morgan fingerprint density at radius 3 is 3.04 bits per heavy atom. The summed E-state index contributed by atoms with van der Waals surface area (Å²) in [6.07, 6.45) is 8.18. The fourth-order valence-corrected chi connectivity index (χ4v) is 3.87. The van der Waals surface area contributed by atoms with Crippen molar-refractivity contribution in [2.24, 2.45) is 11.8 Å². The van der Waals surface area contributed by atoms with Gasteiger partial charge in [-0.2, -0.15) is 0 Å². The zero-order chi connectivity index (χ0) is 18.4. The van der Waals surface area contributed by atoms with Crippen LogP contribution in [0.15, 0.2) is 37.1 Å². The van der Waals surface area contributed by atoms with Crippen molar-refractivity contribution in [2.75, 3.05) is 13.1 Å². The number of H-pyrrole nitrogens is 1. The topological polar surface area (TPSA) is 92.6 Å². The van der Waals surface area contributed by atoms with E-state index in [9.17, 15) is 4.79 Å². The molecule has 1 aliphatic carbocycles. The van der Waals surface area contributed by atoms with Gasteiger partial charge in [0.1, 0.15) is 5.69 Å². The summed E-state index contributed by atoms with van der Waals surface area (Å²) >= 11 is 0. The molecule has 3 aromatic rings. The lowest BCUT2D eigenvalue weighted by atomic mass is 9.99. The quantitative estimate of drug-likeness (QED) is 0.744. The Bertz CT molecular complexity index is 958. The minimum atomic E-state index is 0.124. The first-order valence-corrected chi connectivity index (χ1v) is 9.27. The molecule has 3 aromatic heterocycles. The number of aryl methyl sites for hydroxylation is 1. The van der Waals surface area contributed by atoms with E-state index in [-0.39, 0.29) is 11.8 Å². The first kappa shape index (κ1) is 16.2. The number of hydrogen-bond donors (Lipinski definition) is 1. The first-order valence-electron chi connectivity index (χ1n) is 9.27. The fraction of sp³-hybridized carbons (Fsp3) is 0.421. The monoisotopic (exact) mass is 363 g/mol. The molecule has 138 valence electrons. The van der Waals surface area contributed by atoms with E-state index in [0.717, 1.165) is 48.7 Å². The number of imidazole rings is 1. The van der Waals surface area contributed by atoms with Gasteiger partial charge in [0.15, 0.2) is 0 Å². The number of aromatic amines is 1. The molecule has 0 radical (unpaired) electrons. The normalized spacial score (nSPS) is 21.9. The first-order chi connectivity index (χ1) is 13.2. The number of carbonyl (C=O) groups excluding carboxylic acids is 1. The van der Waals surface area contributed by atoms with Crippen LogP contribution in [-0.4, -0.2) is 53.8 Å². The zero-order valence-electron chi connectivity index (χ0n) is 15.1. The number of hydrogen-bond acceptors (Lipinski definition) is 5. The number of amides is 1. The van der Waals surface area contributed by atoms with Crippen LogP contribution in [0.5, 0.6) is 0 Å². The van der Waals surface area contributed by atoms with Crippen LogP contribution >= 0.6 is 0 Å². The maximum Gasteiger partial charge on any atom is 0.226 e. The van der Waals surface area contributed by atoms with Gasteiger partial charge in [-0.15, -0.1) is 5.10 Å². The summed E-state index contributed by atoms with van der Waals surface area (Å²) in [5, 5.41) is 8.50. The molecule has 1 N–H and O–H groups in total. The van der Waals surface area contributed by atoms with Gasteiger partial charge in [-0.25, -0.2) is 4.98 Å². The molecule has 27 heavy (non-hydrogen) atoms. The van der Waals surface area contributed by atoms with E-state index < -0.39 is 0 Å². The molecule has 1 saturated heterocycles. The third kappa shape index (κ3) is 3.11. The maximum absolute atomic E-state index is 12.6. The van der Waals surface area contributed by atoms with Gasteiger partial charge >= 0.3 is 0 Å². The molecule has 2 fully saturated rings. The van der Waals surface area contributed by atoms with Gasteiger partial charge in [-0.3, -0.25) is 14.5 Å². The number of pyridine rings is 1. The van der Waals surface area contributed by atoms with Gasteiger partial charge in [0, 0.05) is 66.7 Å². The number of likely N-dealkylation sites (tertiary alicyclic amines) is 1. The number of nitrogens with zero attached hydrogens (tertiary/aromatic N) is 6. The van der Waals surface area contributed by atoms with Crippen LogP contribution in [0, 0.1) is 18.8 Å². The number of nitrogens with one attached hydrogen (secondary N) is 1. The van der Waals surface area contributed by atoms with E-state index in [1.807, 2.05) is 41.0 Å². The molecule has 5 rings (SSSR count). The largest absolute Gasteiger partial charge is 0.348 e. The van der Waals surface area contributed by atoms with Gasteiger partial charge in [-0.05, 0) is 25.5 Å². The van der Waals surface area contributed by atoms with E-state index in [1.165, 1.54) is 0 Å². The van der Waals surface area contributed by atoms with Crippen molar-refractivity contribution in [3.8, 4) is 11.3 Å². The summed E-state index contributed by atoms with van der Waals surface area (Å²) in [6, 6.07) is 3.95. The number of carbonyl (C=O) groups is 1. The Hall–Kier alpha value is -3.03. The van der Waals surface area contributed by atoms with Crippen LogP contribution in [0.3, 0.4) is 0 Å². The number of rotatable bonds is 5. The maximum atomic E-state index is 12.6. The predicted molar refractivity (Wildman–Crippen MR) is 97.5 cm³/mol. The van der Waals surface area contributed by atoms with Crippen LogP contribution in [0.4, 0.5) is 0 Å². The molecule has 2 atom stereocenters. The molecular weight excluding hydrogens is 342 g/mol. The molecular formula is C19H21N7O. The minimum absolute atomic E-state index is 0.124. The van der Waals surface area contributed by atoms with Crippen molar-refractivity contribution in [3.63, 3.8) is 0 Å². The summed E-state index contributed by atoms with van der Waals surface area (Å²) in [5.74, 6) is 1.16. The van der Waals surface area contributed by atoms with E-state index in [0.29, 0.717) is 11.8 Å². The van der Waals surface area contributed by atoms with Crippen molar-refractivity contribution in [3.05, 3.63) is 48.4 Å². The molecule has 1 aliphatic heterocycles.